The Hall–Kier alpha value is -3.06. The average Bonchev–Trinajstić information content (AvgIpc) is 2.66. The normalized spacial score (nSPS) is 13.4. The quantitative estimate of drug-likeness (QED) is 0.724. The SMILES string of the molecule is COc1ccc2c(N3CCc4ccccc4C3)c(C#N)cnc2c1. The first-order valence-corrected chi connectivity index (χ1v) is 7.99. The molecule has 0 atom stereocenters. The predicted molar refractivity (Wildman–Crippen MR) is 94.2 cm³/mol. The van der Waals surface area contributed by atoms with Gasteiger partial charge in [-0.2, -0.15) is 5.26 Å². The maximum Gasteiger partial charge on any atom is 0.121 e. The van der Waals surface area contributed by atoms with Crippen molar-refractivity contribution in [2.45, 2.75) is 13.0 Å². The lowest BCUT2D eigenvalue weighted by atomic mass is 9.98. The van der Waals surface area contributed by atoms with Gasteiger partial charge in [0.2, 0.25) is 0 Å². The van der Waals surface area contributed by atoms with Gasteiger partial charge in [0, 0.05) is 30.7 Å². The largest absolute Gasteiger partial charge is 0.497 e. The maximum atomic E-state index is 9.56. The molecule has 4 heteroatoms. The number of anilines is 1. The molecule has 0 fully saturated rings. The van der Waals surface area contributed by atoms with Crippen molar-refractivity contribution >= 4 is 16.6 Å². The molecule has 4 rings (SSSR count). The molecule has 0 saturated heterocycles. The summed E-state index contributed by atoms with van der Waals surface area (Å²) in [5, 5.41) is 10.6. The van der Waals surface area contributed by atoms with Crippen LogP contribution in [0, 0.1) is 11.3 Å². The van der Waals surface area contributed by atoms with Crippen LogP contribution >= 0.6 is 0 Å². The van der Waals surface area contributed by atoms with Crippen molar-refractivity contribution in [3.63, 3.8) is 0 Å². The van der Waals surface area contributed by atoms with E-state index in [0.717, 1.165) is 41.9 Å². The van der Waals surface area contributed by atoms with Crippen LogP contribution in [0.25, 0.3) is 10.9 Å². The Morgan fingerprint density at radius 1 is 1.17 bits per heavy atom. The average molecular weight is 315 g/mol. The van der Waals surface area contributed by atoms with Crippen LogP contribution in [-0.2, 0) is 13.0 Å². The molecule has 0 saturated carbocycles. The first-order chi connectivity index (χ1) is 11.8. The van der Waals surface area contributed by atoms with Gasteiger partial charge in [0.15, 0.2) is 0 Å². The van der Waals surface area contributed by atoms with Crippen LogP contribution in [0.3, 0.4) is 0 Å². The van der Waals surface area contributed by atoms with Crippen LogP contribution < -0.4 is 9.64 Å². The van der Waals surface area contributed by atoms with Crippen molar-refractivity contribution in [1.82, 2.24) is 4.98 Å². The fourth-order valence-corrected chi connectivity index (χ4v) is 3.39. The number of nitrogens with zero attached hydrogens (tertiary/aromatic N) is 3. The molecule has 118 valence electrons. The van der Waals surface area contributed by atoms with E-state index >= 15 is 0 Å². The second kappa shape index (κ2) is 5.86. The highest BCUT2D eigenvalue weighted by atomic mass is 16.5. The summed E-state index contributed by atoms with van der Waals surface area (Å²) < 4.78 is 5.29. The van der Waals surface area contributed by atoms with Gasteiger partial charge >= 0.3 is 0 Å². The lowest BCUT2D eigenvalue weighted by Gasteiger charge is -2.32. The van der Waals surface area contributed by atoms with Gasteiger partial charge in [-0.05, 0) is 29.7 Å². The molecule has 1 aliphatic rings. The number of aromatic nitrogens is 1. The molecule has 0 radical (unpaired) electrons. The Bertz CT molecular complexity index is 959. The fourth-order valence-electron chi connectivity index (χ4n) is 3.39. The number of nitriles is 1. The van der Waals surface area contributed by atoms with Gasteiger partial charge in [-0.15, -0.1) is 0 Å². The second-order valence-electron chi connectivity index (χ2n) is 5.96. The van der Waals surface area contributed by atoms with Crippen molar-refractivity contribution in [2.75, 3.05) is 18.6 Å². The summed E-state index contributed by atoms with van der Waals surface area (Å²) in [6.07, 6.45) is 2.65. The van der Waals surface area contributed by atoms with Gasteiger partial charge in [0.05, 0.1) is 23.9 Å². The minimum Gasteiger partial charge on any atom is -0.497 e. The van der Waals surface area contributed by atoms with Crippen molar-refractivity contribution in [3.05, 3.63) is 65.4 Å². The summed E-state index contributed by atoms with van der Waals surface area (Å²) in [6.45, 7) is 1.72. The van der Waals surface area contributed by atoms with E-state index in [9.17, 15) is 5.26 Å². The van der Waals surface area contributed by atoms with Gasteiger partial charge in [0.25, 0.3) is 0 Å². The van der Waals surface area contributed by atoms with Crippen LogP contribution in [0.15, 0.2) is 48.7 Å². The third-order valence-electron chi connectivity index (χ3n) is 4.62. The summed E-state index contributed by atoms with van der Waals surface area (Å²) in [5.74, 6) is 0.773. The van der Waals surface area contributed by atoms with Gasteiger partial charge in [-0.1, -0.05) is 24.3 Å². The van der Waals surface area contributed by atoms with Gasteiger partial charge in [0.1, 0.15) is 11.8 Å². The first kappa shape index (κ1) is 14.5. The Morgan fingerprint density at radius 2 is 2.00 bits per heavy atom. The maximum absolute atomic E-state index is 9.56. The highest BCUT2D eigenvalue weighted by Crippen LogP contribution is 2.34. The highest BCUT2D eigenvalue weighted by molar-refractivity contribution is 5.95. The Balaban J connectivity index is 1.85. The molecular formula is C20H17N3O. The molecule has 0 N–H and O–H groups in total. The van der Waals surface area contributed by atoms with E-state index in [1.807, 2.05) is 18.2 Å². The van der Waals surface area contributed by atoms with Crippen molar-refractivity contribution < 1.29 is 4.74 Å². The van der Waals surface area contributed by atoms with Gasteiger partial charge in [-0.25, -0.2) is 0 Å². The molecule has 4 nitrogen and oxygen atoms in total. The first-order valence-electron chi connectivity index (χ1n) is 7.99. The third-order valence-corrected chi connectivity index (χ3v) is 4.62. The van der Waals surface area contributed by atoms with E-state index in [-0.39, 0.29) is 0 Å². The molecule has 2 aromatic carbocycles. The number of pyridine rings is 1. The Kier molecular flexibility index (Phi) is 3.55. The number of benzene rings is 2. The second-order valence-corrected chi connectivity index (χ2v) is 5.96. The lowest BCUT2D eigenvalue weighted by Crippen LogP contribution is -2.31. The van der Waals surface area contributed by atoms with Crippen LogP contribution in [-0.4, -0.2) is 18.6 Å². The van der Waals surface area contributed by atoms with Gasteiger partial charge < -0.3 is 9.64 Å². The molecule has 24 heavy (non-hydrogen) atoms. The number of hydrogen-bond donors (Lipinski definition) is 0. The zero-order valence-electron chi connectivity index (χ0n) is 13.5. The lowest BCUT2D eigenvalue weighted by molar-refractivity contribution is 0.415. The van der Waals surface area contributed by atoms with E-state index < -0.39 is 0 Å². The number of methoxy groups -OCH3 is 1. The molecule has 0 unspecified atom stereocenters. The number of hydrogen-bond acceptors (Lipinski definition) is 4. The van der Waals surface area contributed by atoms with Crippen LogP contribution in [0.2, 0.25) is 0 Å². The Morgan fingerprint density at radius 3 is 2.79 bits per heavy atom. The Labute approximate surface area is 140 Å². The van der Waals surface area contributed by atoms with Crippen LogP contribution in [0.1, 0.15) is 16.7 Å². The van der Waals surface area contributed by atoms with Crippen LogP contribution in [0.4, 0.5) is 5.69 Å². The van der Waals surface area contributed by atoms with Crippen molar-refractivity contribution in [2.24, 2.45) is 0 Å². The summed E-state index contributed by atoms with van der Waals surface area (Å²) in [7, 11) is 1.65. The van der Waals surface area contributed by atoms with Crippen LogP contribution in [0.5, 0.6) is 5.75 Å². The zero-order valence-corrected chi connectivity index (χ0v) is 13.5. The molecule has 0 amide bonds. The molecule has 0 aliphatic carbocycles. The molecule has 2 heterocycles. The smallest absolute Gasteiger partial charge is 0.121 e. The minimum atomic E-state index is 0.618. The van der Waals surface area contributed by atoms with Crippen molar-refractivity contribution in [1.29, 1.82) is 5.26 Å². The number of fused-ring (bicyclic) bond motifs is 2. The predicted octanol–water partition coefficient (Wildman–Crippen LogP) is 3.68. The highest BCUT2D eigenvalue weighted by Gasteiger charge is 2.21. The molecular weight excluding hydrogens is 298 g/mol. The molecule has 1 aliphatic heterocycles. The third kappa shape index (κ3) is 2.35. The summed E-state index contributed by atoms with van der Waals surface area (Å²) >= 11 is 0. The van der Waals surface area contributed by atoms with E-state index in [0.29, 0.717) is 5.56 Å². The fraction of sp³-hybridized carbons (Fsp3) is 0.200. The van der Waals surface area contributed by atoms with Gasteiger partial charge in [-0.3, -0.25) is 4.98 Å². The summed E-state index contributed by atoms with van der Waals surface area (Å²) in [4.78, 5) is 6.72. The topological polar surface area (TPSA) is 49.1 Å². The van der Waals surface area contributed by atoms with E-state index in [4.69, 9.17) is 4.74 Å². The molecule has 0 bridgehead atoms. The summed E-state index contributed by atoms with van der Waals surface area (Å²) in [5.41, 5.74) is 5.16. The molecule has 3 aromatic rings. The molecule has 0 spiro atoms. The van der Waals surface area contributed by atoms with E-state index in [1.54, 1.807) is 13.3 Å². The zero-order chi connectivity index (χ0) is 16.5. The summed E-state index contributed by atoms with van der Waals surface area (Å²) in [6, 6.07) is 16.7. The van der Waals surface area contributed by atoms with Crippen molar-refractivity contribution in [3.8, 4) is 11.8 Å². The standard InChI is InChI=1S/C20H17N3O/c1-24-17-6-7-18-19(10-17)22-12-16(11-21)20(18)23-9-8-14-4-2-3-5-15(14)13-23/h2-7,10,12H,8-9,13H2,1H3. The number of rotatable bonds is 2. The molecule has 1 aromatic heterocycles. The minimum absolute atomic E-state index is 0.618. The van der Waals surface area contributed by atoms with E-state index in [2.05, 4.69) is 40.2 Å². The van der Waals surface area contributed by atoms with E-state index in [1.165, 1.54) is 11.1 Å². The number of ether oxygens (including phenoxy) is 1. The monoisotopic (exact) mass is 315 g/mol.